The van der Waals surface area contributed by atoms with Crippen molar-refractivity contribution in [1.29, 1.82) is 0 Å². The standard InChI is InChI=1S/C17H13ClF5NO2S/c1-8-6-12(16(25)26)24-7-9(8)15(27-5-4-17(18,22)23)13-10(19)2-3-11(20)14(13)21/h2-3,6-7,15H,4-5H2,1H3,(H,25,26)/p-1. The van der Waals surface area contributed by atoms with Crippen LogP contribution in [0.2, 0.25) is 0 Å². The summed E-state index contributed by atoms with van der Waals surface area (Å²) in [7, 11) is 0. The van der Waals surface area contributed by atoms with Crippen LogP contribution in [0.1, 0.15) is 38.8 Å². The molecule has 2 aromatic rings. The minimum Gasteiger partial charge on any atom is -0.543 e. The summed E-state index contributed by atoms with van der Waals surface area (Å²) in [6.07, 6.45) is 0.249. The van der Waals surface area contributed by atoms with Gasteiger partial charge in [0.1, 0.15) is 5.82 Å². The van der Waals surface area contributed by atoms with Crippen molar-refractivity contribution in [2.24, 2.45) is 0 Å². The fourth-order valence-electron chi connectivity index (χ4n) is 2.36. The zero-order chi connectivity index (χ0) is 20.4. The summed E-state index contributed by atoms with van der Waals surface area (Å²) in [5.74, 6) is -5.71. The first-order chi connectivity index (χ1) is 12.5. The van der Waals surface area contributed by atoms with Gasteiger partial charge in [-0.05, 0) is 47.9 Å². The predicted octanol–water partition coefficient (Wildman–Crippen LogP) is 4.22. The van der Waals surface area contributed by atoms with Crippen LogP contribution in [-0.2, 0) is 0 Å². The Kier molecular flexibility index (Phi) is 6.69. The molecule has 10 heteroatoms. The number of rotatable bonds is 7. The van der Waals surface area contributed by atoms with Gasteiger partial charge in [-0.1, -0.05) is 0 Å². The summed E-state index contributed by atoms with van der Waals surface area (Å²) in [6, 6.07) is 2.44. The lowest BCUT2D eigenvalue weighted by Crippen LogP contribution is -2.24. The SMILES string of the molecule is Cc1cc(C(=O)[O-])ncc1C(SCCC(F)(F)Cl)c1c(F)ccc(F)c1F. The molecule has 1 aromatic carbocycles. The number of nitrogens with zero attached hydrogens (tertiary/aromatic N) is 1. The summed E-state index contributed by atoms with van der Waals surface area (Å²) in [4.78, 5) is 14.5. The Hall–Kier alpha value is -1.87. The van der Waals surface area contributed by atoms with Gasteiger partial charge < -0.3 is 9.90 Å². The number of hydrogen-bond acceptors (Lipinski definition) is 4. The molecular weight excluding hydrogens is 413 g/mol. The lowest BCUT2D eigenvalue weighted by molar-refractivity contribution is -0.255. The lowest BCUT2D eigenvalue weighted by atomic mass is 10.00. The molecule has 0 N–H and O–H groups in total. The second kappa shape index (κ2) is 8.43. The molecule has 0 aliphatic rings. The van der Waals surface area contributed by atoms with E-state index >= 15 is 0 Å². The minimum atomic E-state index is -3.51. The van der Waals surface area contributed by atoms with Crippen LogP contribution in [0.3, 0.4) is 0 Å². The van der Waals surface area contributed by atoms with Gasteiger partial charge in [-0.25, -0.2) is 13.2 Å². The molecule has 0 spiro atoms. The first-order valence-electron chi connectivity index (χ1n) is 7.51. The summed E-state index contributed by atoms with van der Waals surface area (Å²) >= 11 is 5.55. The van der Waals surface area contributed by atoms with Gasteiger partial charge in [0.25, 0.3) is 0 Å². The summed E-state index contributed by atoms with van der Waals surface area (Å²) in [5, 5.41) is 6.13. The number of hydrogen-bond donors (Lipinski definition) is 0. The van der Waals surface area contributed by atoms with Crippen LogP contribution in [0.15, 0.2) is 24.4 Å². The topological polar surface area (TPSA) is 53.0 Å². The van der Waals surface area contributed by atoms with Crippen LogP contribution >= 0.6 is 23.4 Å². The highest BCUT2D eigenvalue weighted by molar-refractivity contribution is 7.99. The Morgan fingerprint density at radius 1 is 1.30 bits per heavy atom. The Morgan fingerprint density at radius 2 is 1.93 bits per heavy atom. The van der Waals surface area contributed by atoms with E-state index in [1.807, 2.05) is 0 Å². The number of carbonyl (C=O) groups is 1. The smallest absolute Gasteiger partial charge is 0.322 e. The molecule has 0 aliphatic heterocycles. The van der Waals surface area contributed by atoms with E-state index in [2.05, 4.69) is 4.98 Å². The van der Waals surface area contributed by atoms with E-state index in [0.29, 0.717) is 17.8 Å². The first-order valence-corrected chi connectivity index (χ1v) is 8.93. The molecular formula is C17H12ClF5NO2S-. The highest BCUT2D eigenvalue weighted by atomic mass is 35.5. The van der Waals surface area contributed by atoms with E-state index in [4.69, 9.17) is 11.6 Å². The predicted molar refractivity (Wildman–Crippen MR) is 89.3 cm³/mol. The van der Waals surface area contributed by atoms with E-state index < -0.39 is 51.7 Å². The monoisotopic (exact) mass is 424 g/mol. The van der Waals surface area contributed by atoms with Gasteiger partial charge in [-0.3, -0.25) is 4.98 Å². The van der Waals surface area contributed by atoms with Gasteiger partial charge in [0, 0.05) is 23.9 Å². The van der Waals surface area contributed by atoms with Crippen molar-refractivity contribution >= 4 is 29.3 Å². The molecule has 0 fully saturated rings. The maximum absolute atomic E-state index is 14.3. The van der Waals surface area contributed by atoms with Gasteiger partial charge >= 0.3 is 5.38 Å². The van der Waals surface area contributed by atoms with Crippen LogP contribution in [0.25, 0.3) is 0 Å². The largest absolute Gasteiger partial charge is 0.543 e. The minimum absolute atomic E-state index is 0.145. The molecule has 1 unspecified atom stereocenters. The molecule has 0 aliphatic carbocycles. The average molecular weight is 425 g/mol. The molecule has 2 rings (SSSR count). The number of carboxylic acid groups (broad SMARTS) is 1. The van der Waals surface area contributed by atoms with E-state index in [0.717, 1.165) is 18.3 Å². The number of aromatic carboxylic acids is 1. The quantitative estimate of drug-likeness (QED) is 0.379. The van der Waals surface area contributed by atoms with Gasteiger partial charge in [0.2, 0.25) is 0 Å². The van der Waals surface area contributed by atoms with Crippen LogP contribution in [0.5, 0.6) is 0 Å². The van der Waals surface area contributed by atoms with E-state index in [9.17, 15) is 31.9 Å². The number of carbonyl (C=O) groups excluding carboxylic acids is 1. The van der Waals surface area contributed by atoms with Crippen molar-refractivity contribution in [3.63, 3.8) is 0 Å². The van der Waals surface area contributed by atoms with Crippen LogP contribution in [0, 0.1) is 24.4 Å². The van der Waals surface area contributed by atoms with Crippen molar-refractivity contribution in [2.45, 2.75) is 24.0 Å². The molecule has 0 saturated carbocycles. The number of halogens is 6. The fourth-order valence-corrected chi connectivity index (χ4v) is 3.98. The summed E-state index contributed by atoms with van der Waals surface area (Å²) in [6.45, 7) is 1.45. The Morgan fingerprint density at radius 3 is 2.48 bits per heavy atom. The zero-order valence-corrected chi connectivity index (χ0v) is 15.3. The summed E-state index contributed by atoms with van der Waals surface area (Å²) in [5.41, 5.74) is -0.676. The third-order valence-electron chi connectivity index (χ3n) is 3.65. The van der Waals surface area contributed by atoms with Gasteiger partial charge in [0.05, 0.1) is 16.9 Å². The zero-order valence-electron chi connectivity index (χ0n) is 13.7. The molecule has 1 atom stereocenters. The highest BCUT2D eigenvalue weighted by Crippen LogP contribution is 2.41. The molecule has 1 aromatic heterocycles. The second-order valence-electron chi connectivity index (χ2n) is 5.59. The van der Waals surface area contributed by atoms with Crippen molar-refractivity contribution in [3.05, 3.63) is 64.2 Å². The molecule has 0 radical (unpaired) electrons. The number of benzene rings is 1. The van der Waals surface area contributed by atoms with E-state index in [1.54, 1.807) is 0 Å². The van der Waals surface area contributed by atoms with Gasteiger partial charge in [-0.2, -0.15) is 8.78 Å². The molecule has 0 amide bonds. The van der Waals surface area contributed by atoms with E-state index in [1.165, 1.54) is 6.92 Å². The Bertz CT molecular complexity index is 860. The number of aryl methyl sites for hydroxylation is 1. The molecule has 1 heterocycles. The number of alkyl halides is 3. The maximum Gasteiger partial charge on any atom is 0.322 e. The Balaban J connectivity index is 2.51. The van der Waals surface area contributed by atoms with Crippen molar-refractivity contribution in [1.82, 2.24) is 4.98 Å². The van der Waals surface area contributed by atoms with Gasteiger partial charge in [-0.15, -0.1) is 11.8 Å². The molecule has 27 heavy (non-hydrogen) atoms. The third-order valence-corrected chi connectivity index (χ3v) is 5.11. The third kappa shape index (κ3) is 5.32. The van der Waals surface area contributed by atoms with Crippen LogP contribution in [0.4, 0.5) is 22.0 Å². The molecule has 0 saturated heterocycles. The van der Waals surface area contributed by atoms with Crippen LogP contribution in [-0.4, -0.2) is 22.1 Å². The summed E-state index contributed by atoms with van der Waals surface area (Å²) < 4.78 is 67.9. The molecule has 146 valence electrons. The molecule has 3 nitrogen and oxygen atoms in total. The van der Waals surface area contributed by atoms with Crippen molar-refractivity contribution in [2.75, 3.05) is 5.75 Å². The number of aromatic nitrogens is 1. The molecule has 0 bridgehead atoms. The van der Waals surface area contributed by atoms with E-state index in [-0.39, 0.29) is 16.9 Å². The number of carboxylic acids is 1. The number of thioether (sulfide) groups is 1. The number of pyridine rings is 1. The fraction of sp³-hybridized carbons (Fsp3) is 0.294. The van der Waals surface area contributed by atoms with Crippen LogP contribution < -0.4 is 5.11 Å². The Labute approximate surface area is 160 Å². The first kappa shape index (κ1) is 21.4. The van der Waals surface area contributed by atoms with Gasteiger partial charge in [0.15, 0.2) is 11.6 Å². The average Bonchev–Trinajstić information content (AvgIpc) is 2.56. The normalized spacial score (nSPS) is 12.9. The van der Waals surface area contributed by atoms with Crippen molar-refractivity contribution < 1.29 is 31.9 Å². The lowest BCUT2D eigenvalue weighted by Gasteiger charge is -2.22. The highest BCUT2D eigenvalue weighted by Gasteiger charge is 2.29. The van der Waals surface area contributed by atoms with Crippen molar-refractivity contribution in [3.8, 4) is 0 Å². The second-order valence-corrected chi connectivity index (χ2v) is 7.35. The maximum atomic E-state index is 14.3.